The van der Waals surface area contributed by atoms with Gasteiger partial charge in [-0.05, 0) is 70.3 Å². The van der Waals surface area contributed by atoms with E-state index in [9.17, 15) is 0 Å². The van der Waals surface area contributed by atoms with Crippen LogP contribution in [0.15, 0.2) is 185 Å². The third-order valence-electron chi connectivity index (χ3n) is 10.5. The maximum absolute atomic E-state index is 6.56. The summed E-state index contributed by atoms with van der Waals surface area (Å²) < 4.78 is 12.6. The summed E-state index contributed by atoms with van der Waals surface area (Å²) in [6.45, 7) is 0. The van der Waals surface area contributed by atoms with Gasteiger partial charge in [0.2, 0.25) is 0 Å². The number of rotatable bonds is 4. The lowest BCUT2D eigenvalue weighted by Crippen LogP contribution is -1.93. The first-order valence-corrected chi connectivity index (χ1v) is 17.6. The van der Waals surface area contributed by atoms with Crippen LogP contribution in [0.1, 0.15) is 0 Å². The van der Waals surface area contributed by atoms with Gasteiger partial charge >= 0.3 is 0 Å². The van der Waals surface area contributed by atoms with Crippen LogP contribution in [0, 0.1) is 0 Å². The molecule has 3 aromatic heterocycles. The van der Waals surface area contributed by atoms with E-state index in [1.54, 1.807) is 0 Å². The van der Waals surface area contributed by atoms with E-state index in [4.69, 9.17) is 13.8 Å². The molecule has 52 heavy (non-hydrogen) atoms. The minimum atomic E-state index is 0.862. The van der Waals surface area contributed by atoms with Crippen molar-refractivity contribution in [2.75, 3.05) is 0 Å². The first-order valence-electron chi connectivity index (χ1n) is 17.6. The average molecular weight is 664 g/mol. The van der Waals surface area contributed by atoms with Crippen molar-refractivity contribution in [3.63, 3.8) is 0 Å². The highest BCUT2D eigenvalue weighted by molar-refractivity contribution is 6.27. The van der Waals surface area contributed by atoms with E-state index in [2.05, 4.69) is 158 Å². The van der Waals surface area contributed by atoms with Crippen LogP contribution in [-0.2, 0) is 0 Å². The molecule has 11 rings (SSSR count). The highest BCUT2D eigenvalue weighted by Gasteiger charge is 2.21. The van der Waals surface area contributed by atoms with Gasteiger partial charge in [-0.1, -0.05) is 133 Å². The van der Waals surface area contributed by atoms with Gasteiger partial charge in [0.05, 0.1) is 11.2 Å². The van der Waals surface area contributed by atoms with Crippen LogP contribution in [0.5, 0.6) is 0 Å². The molecule has 0 atom stereocenters. The summed E-state index contributed by atoms with van der Waals surface area (Å²) in [5.41, 5.74) is 13.5. The number of nitrogens with zero attached hydrogens (tertiary/aromatic N) is 1. The highest BCUT2D eigenvalue weighted by Crippen LogP contribution is 2.46. The molecule has 3 nitrogen and oxygen atoms in total. The van der Waals surface area contributed by atoms with Gasteiger partial charge < -0.3 is 8.83 Å². The van der Waals surface area contributed by atoms with Crippen molar-refractivity contribution in [1.82, 2.24) is 4.98 Å². The molecule has 0 aliphatic heterocycles. The Hall–Kier alpha value is -6.97. The Kier molecular flexibility index (Phi) is 6.25. The Morgan fingerprint density at radius 3 is 1.71 bits per heavy atom. The number of furan rings is 2. The Balaban J connectivity index is 1.07. The molecule has 0 unspecified atom stereocenters. The first kappa shape index (κ1) is 28.8. The molecule has 0 spiro atoms. The highest BCUT2D eigenvalue weighted by atomic mass is 16.3. The van der Waals surface area contributed by atoms with Crippen molar-refractivity contribution in [1.29, 1.82) is 0 Å². The molecule has 3 heterocycles. The second-order valence-corrected chi connectivity index (χ2v) is 13.5. The van der Waals surface area contributed by atoms with Gasteiger partial charge in [0, 0.05) is 48.8 Å². The van der Waals surface area contributed by atoms with Crippen molar-refractivity contribution in [3.8, 4) is 44.6 Å². The molecule has 0 fully saturated rings. The summed E-state index contributed by atoms with van der Waals surface area (Å²) in [4.78, 5) is 5.32. The van der Waals surface area contributed by atoms with Crippen LogP contribution in [0.3, 0.4) is 0 Å². The van der Waals surface area contributed by atoms with Crippen LogP contribution in [0.2, 0.25) is 0 Å². The monoisotopic (exact) mass is 663 g/mol. The zero-order valence-electron chi connectivity index (χ0n) is 28.0. The van der Waals surface area contributed by atoms with Crippen LogP contribution < -0.4 is 0 Å². The van der Waals surface area contributed by atoms with Crippen molar-refractivity contribution >= 4 is 65.6 Å². The fourth-order valence-corrected chi connectivity index (χ4v) is 8.03. The van der Waals surface area contributed by atoms with Gasteiger partial charge in [0.1, 0.15) is 22.3 Å². The lowest BCUT2D eigenvalue weighted by atomic mass is 9.89. The molecule has 0 bridgehead atoms. The average Bonchev–Trinajstić information content (AvgIpc) is 3.78. The minimum Gasteiger partial charge on any atom is -0.456 e. The largest absolute Gasteiger partial charge is 0.456 e. The third kappa shape index (κ3) is 4.43. The summed E-state index contributed by atoms with van der Waals surface area (Å²) in [6, 6.07) is 62.0. The van der Waals surface area contributed by atoms with Gasteiger partial charge in [-0.25, -0.2) is 4.98 Å². The molecular weight excluding hydrogens is 635 g/mol. The van der Waals surface area contributed by atoms with Crippen molar-refractivity contribution in [2.24, 2.45) is 0 Å². The number of pyridine rings is 1. The lowest BCUT2D eigenvalue weighted by Gasteiger charge is -2.16. The summed E-state index contributed by atoms with van der Waals surface area (Å²) in [5.74, 6) is 0. The number of benzene rings is 8. The molecule has 11 aromatic rings. The van der Waals surface area contributed by atoms with E-state index < -0.39 is 0 Å². The van der Waals surface area contributed by atoms with Gasteiger partial charge in [-0.2, -0.15) is 0 Å². The van der Waals surface area contributed by atoms with Crippen LogP contribution >= 0.6 is 0 Å². The number of aromatic nitrogens is 1. The predicted molar refractivity (Wildman–Crippen MR) is 216 cm³/mol. The Morgan fingerprint density at radius 2 is 0.885 bits per heavy atom. The molecule has 8 aromatic carbocycles. The van der Waals surface area contributed by atoms with Crippen molar-refractivity contribution < 1.29 is 8.83 Å². The van der Waals surface area contributed by atoms with Crippen molar-refractivity contribution in [3.05, 3.63) is 176 Å². The molecule has 0 saturated heterocycles. The van der Waals surface area contributed by atoms with Gasteiger partial charge in [-0.15, -0.1) is 0 Å². The van der Waals surface area contributed by atoms with Gasteiger partial charge in [-0.3, -0.25) is 0 Å². The summed E-state index contributed by atoms with van der Waals surface area (Å²) in [5, 5.41) is 7.90. The maximum Gasteiger partial charge on any atom is 0.136 e. The second kappa shape index (κ2) is 11.3. The Morgan fingerprint density at radius 1 is 0.308 bits per heavy atom. The van der Waals surface area contributed by atoms with Crippen LogP contribution in [-0.4, -0.2) is 4.98 Å². The fraction of sp³-hybridized carbons (Fsp3) is 0. The standard InChI is InChI=1S/C49H29NO2/c1-2-11-31(12-3-1)46-47-37-16-4-7-18-41(37)50-49(40(47)29-45-48(46)38-17-6-9-20-43(38)52-45)32-23-21-30(22-24-32)33-13-10-14-34(27-33)35-25-26-44-39(28-35)36-15-5-8-19-42(36)51-44/h1-29H. The molecule has 0 N–H and O–H groups in total. The molecule has 0 amide bonds. The third-order valence-corrected chi connectivity index (χ3v) is 10.5. The Bertz CT molecular complexity index is 3170. The lowest BCUT2D eigenvalue weighted by molar-refractivity contribution is 0.669. The number of fused-ring (bicyclic) bond motifs is 9. The quantitative estimate of drug-likeness (QED) is 0.176. The zero-order chi connectivity index (χ0) is 34.2. The number of hydrogen-bond donors (Lipinski definition) is 0. The fourth-order valence-electron chi connectivity index (χ4n) is 8.03. The Labute approximate surface area is 299 Å². The minimum absolute atomic E-state index is 0.862. The number of hydrogen-bond acceptors (Lipinski definition) is 3. The van der Waals surface area contributed by atoms with Crippen molar-refractivity contribution in [2.45, 2.75) is 0 Å². The first-order chi connectivity index (χ1) is 25.8. The van der Waals surface area contributed by atoms with Crippen LogP contribution in [0.25, 0.3) is 110 Å². The molecule has 0 saturated carbocycles. The van der Waals surface area contributed by atoms with E-state index in [0.717, 1.165) is 93.7 Å². The molecule has 0 aliphatic rings. The van der Waals surface area contributed by atoms with E-state index in [0.29, 0.717) is 0 Å². The van der Waals surface area contributed by atoms with E-state index in [1.807, 2.05) is 18.2 Å². The van der Waals surface area contributed by atoms with E-state index in [1.165, 1.54) is 16.5 Å². The maximum atomic E-state index is 6.56. The zero-order valence-corrected chi connectivity index (χ0v) is 28.0. The summed E-state index contributed by atoms with van der Waals surface area (Å²) in [7, 11) is 0. The predicted octanol–water partition coefficient (Wildman–Crippen LogP) is 13.9. The smallest absolute Gasteiger partial charge is 0.136 e. The normalized spacial score (nSPS) is 11.8. The second-order valence-electron chi connectivity index (χ2n) is 13.5. The molecule has 0 aliphatic carbocycles. The SMILES string of the molecule is c1ccc(-c2c3c(cc4c(-c5ccc(-c6cccc(-c7ccc8oc9ccccc9c8c7)c6)cc5)nc5ccccc5c24)oc2ccccc23)cc1. The topological polar surface area (TPSA) is 39.2 Å². The molecule has 242 valence electrons. The molecule has 3 heteroatoms. The van der Waals surface area contributed by atoms with Gasteiger partial charge in [0.15, 0.2) is 0 Å². The van der Waals surface area contributed by atoms with Gasteiger partial charge in [0.25, 0.3) is 0 Å². The van der Waals surface area contributed by atoms with Crippen LogP contribution in [0.4, 0.5) is 0 Å². The van der Waals surface area contributed by atoms with E-state index in [-0.39, 0.29) is 0 Å². The molecule has 0 radical (unpaired) electrons. The number of para-hydroxylation sites is 3. The summed E-state index contributed by atoms with van der Waals surface area (Å²) in [6.07, 6.45) is 0. The molecular formula is C49H29NO2. The van der Waals surface area contributed by atoms with E-state index >= 15 is 0 Å². The summed E-state index contributed by atoms with van der Waals surface area (Å²) >= 11 is 0.